The molecular formula is C15H20N2O. The van der Waals surface area contributed by atoms with Gasteiger partial charge >= 0.3 is 0 Å². The van der Waals surface area contributed by atoms with Crippen molar-refractivity contribution in [1.82, 2.24) is 4.98 Å². The van der Waals surface area contributed by atoms with Gasteiger partial charge in [-0.15, -0.1) is 0 Å². The van der Waals surface area contributed by atoms with Crippen LogP contribution in [0.25, 0.3) is 10.9 Å². The molecule has 0 fully saturated rings. The van der Waals surface area contributed by atoms with Gasteiger partial charge in [0.2, 0.25) is 0 Å². The SMILES string of the molecule is CCc1cc(NC)c2cccc(CCOC)c2n1. The molecule has 1 heterocycles. The van der Waals surface area contributed by atoms with E-state index in [-0.39, 0.29) is 0 Å². The van der Waals surface area contributed by atoms with Crippen molar-refractivity contribution in [3.05, 3.63) is 35.5 Å². The molecule has 96 valence electrons. The molecule has 0 atom stereocenters. The molecule has 0 aliphatic heterocycles. The van der Waals surface area contributed by atoms with Gasteiger partial charge in [0, 0.05) is 30.9 Å². The van der Waals surface area contributed by atoms with Crippen molar-refractivity contribution < 1.29 is 4.74 Å². The summed E-state index contributed by atoms with van der Waals surface area (Å²) < 4.78 is 5.16. The summed E-state index contributed by atoms with van der Waals surface area (Å²) in [6.07, 6.45) is 1.85. The zero-order valence-corrected chi connectivity index (χ0v) is 11.3. The summed E-state index contributed by atoms with van der Waals surface area (Å²) >= 11 is 0. The van der Waals surface area contributed by atoms with E-state index in [1.54, 1.807) is 7.11 Å². The lowest BCUT2D eigenvalue weighted by molar-refractivity contribution is 0.202. The van der Waals surface area contributed by atoms with Crippen molar-refractivity contribution in [2.45, 2.75) is 19.8 Å². The number of nitrogens with zero attached hydrogens (tertiary/aromatic N) is 1. The molecule has 3 heteroatoms. The predicted octanol–water partition coefficient (Wildman–Crippen LogP) is 3.03. The number of fused-ring (bicyclic) bond motifs is 1. The average Bonchev–Trinajstić information content (AvgIpc) is 2.43. The first-order chi connectivity index (χ1) is 8.80. The summed E-state index contributed by atoms with van der Waals surface area (Å²) in [7, 11) is 3.69. The summed E-state index contributed by atoms with van der Waals surface area (Å²) in [5.41, 5.74) is 4.62. The minimum absolute atomic E-state index is 0.728. The molecule has 0 saturated heterocycles. The number of aromatic nitrogens is 1. The zero-order chi connectivity index (χ0) is 13.0. The van der Waals surface area contributed by atoms with E-state index in [1.807, 2.05) is 7.05 Å². The molecule has 0 aliphatic rings. The van der Waals surface area contributed by atoms with Crippen LogP contribution in [0, 0.1) is 0 Å². The van der Waals surface area contributed by atoms with Crippen LogP contribution in [0.1, 0.15) is 18.2 Å². The molecule has 0 unspecified atom stereocenters. The molecule has 1 N–H and O–H groups in total. The third-order valence-electron chi connectivity index (χ3n) is 3.18. The molecule has 2 aromatic rings. The van der Waals surface area contributed by atoms with Gasteiger partial charge in [-0.05, 0) is 24.5 Å². The molecule has 0 aliphatic carbocycles. The van der Waals surface area contributed by atoms with Crippen LogP contribution in [0.2, 0.25) is 0 Å². The van der Waals surface area contributed by atoms with E-state index in [1.165, 1.54) is 10.9 Å². The highest BCUT2D eigenvalue weighted by molar-refractivity contribution is 5.93. The van der Waals surface area contributed by atoms with Crippen LogP contribution in [0.15, 0.2) is 24.3 Å². The maximum absolute atomic E-state index is 5.16. The Bertz CT molecular complexity index is 537. The number of rotatable bonds is 5. The first-order valence-corrected chi connectivity index (χ1v) is 6.38. The normalized spacial score (nSPS) is 10.8. The van der Waals surface area contributed by atoms with E-state index in [0.29, 0.717) is 0 Å². The van der Waals surface area contributed by atoms with E-state index in [0.717, 1.165) is 36.3 Å². The molecule has 3 nitrogen and oxygen atoms in total. The molecule has 18 heavy (non-hydrogen) atoms. The highest BCUT2D eigenvalue weighted by atomic mass is 16.5. The highest BCUT2D eigenvalue weighted by Gasteiger charge is 2.07. The fraction of sp³-hybridized carbons (Fsp3) is 0.400. The van der Waals surface area contributed by atoms with Crippen molar-refractivity contribution in [3.8, 4) is 0 Å². The Balaban J connectivity index is 2.58. The van der Waals surface area contributed by atoms with E-state index >= 15 is 0 Å². The Morgan fingerprint density at radius 2 is 2.17 bits per heavy atom. The monoisotopic (exact) mass is 244 g/mol. The number of benzene rings is 1. The molecule has 1 aromatic carbocycles. The third kappa shape index (κ3) is 2.46. The minimum Gasteiger partial charge on any atom is -0.388 e. The van der Waals surface area contributed by atoms with Gasteiger partial charge in [0.15, 0.2) is 0 Å². The van der Waals surface area contributed by atoms with E-state index < -0.39 is 0 Å². The van der Waals surface area contributed by atoms with E-state index in [2.05, 4.69) is 36.5 Å². The van der Waals surface area contributed by atoms with Crippen LogP contribution >= 0.6 is 0 Å². The van der Waals surface area contributed by atoms with Gasteiger partial charge in [-0.25, -0.2) is 0 Å². The second-order valence-corrected chi connectivity index (χ2v) is 4.32. The Labute approximate surface area is 108 Å². The number of ether oxygens (including phenoxy) is 1. The lowest BCUT2D eigenvalue weighted by Gasteiger charge is -2.11. The lowest BCUT2D eigenvalue weighted by Crippen LogP contribution is -2.00. The van der Waals surface area contributed by atoms with Gasteiger partial charge in [0.05, 0.1) is 12.1 Å². The minimum atomic E-state index is 0.728. The largest absolute Gasteiger partial charge is 0.388 e. The quantitative estimate of drug-likeness (QED) is 0.878. The number of aryl methyl sites for hydroxylation is 1. The standard InChI is InChI=1S/C15H20N2O/c1-4-12-10-14(16-2)13-7-5-6-11(8-9-18-3)15(13)17-12/h5-7,10H,4,8-9H2,1-3H3,(H,16,17). The number of pyridine rings is 1. The van der Waals surface area contributed by atoms with Gasteiger partial charge in [0.1, 0.15) is 0 Å². The first kappa shape index (κ1) is 12.8. The summed E-state index contributed by atoms with van der Waals surface area (Å²) in [4.78, 5) is 4.76. The number of para-hydroxylation sites is 1. The van der Waals surface area contributed by atoms with Gasteiger partial charge in [-0.3, -0.25) is 4.98 Å². The van der Waals surface area contributed by atoms with Crippen LogP contribution < -0.4 is 5.32 Å². The van der Waals surface area contributed by atoms with Gasteiger partial charge in [-0.2, -0.15) is 0 Å². The van der Waals surface area contributed by atoms with Crippen molar-refractivity contribution in [3.63, 3.8) is 0 Å². The highest BCUT2D eigenvalue weighted by Crippen LogP contribution is 2.26. The fourth-order valence-electron chi connectivity index (χ4n) is 2.16. The van der Waals surface area contributed by atoms with Crippen LogP contribution in [-0.4, -0.2) is 25.7 Å². The second kappa shape index (κ2) is 5.83. The first-order valence-electron chi connectivity index (χ1n) is 6.38. The molecule has 0 radical (unpaired) electrons. The fourth-order valence-corrected chi connectivity index (χ4v) is 2.16. The lowest BCUT2D eigenvalue weighted by atomic mass is 10.0. The Hall–Kier alpha value is -1.61. The Kier molecular flexibility index (Phi) is 4.15. The number of anilines is 1. The predicted molar refractivity (Wildman–Crippen MR) is 76.2 cm³/mol. The molecule has 0 spiro atoms. The Morgan fingerprint density at radius 1 is 1.33 bits per heavy atom. The zero-order valence-electron chi connectivity index (χ0n) is 11.3. The van der Waals surface area contributed by atoms with Crippen molar-refractivity contribution >= 4 is 16.6 Å². The molecular weight excluding hydrogens is 224 g/mol. The van der Waals surface area contributed by atoms with Crippen molar-refractivity contribution in [1.29, 1.82) is 0 Å². The number of hydrogen-bond donors (Lipinski definition) is 1. The molecule has 1 aromatic heterocycles. The maximum atomic E-state index is 5.16. The van der Waals surface area contributed by atoms with Gasteiger partial charge < -0.3 is 10.1 Å². The molecule has 0 saturated carbocycles. The van der Waals surface area contributed by atoms with Crippen LogP contribution in [0.4, 0.5) is 5.69 Å². The summed E-state index contributed by atoms with van der Waals surface area (Å²) in [5, 5.41) is 4.44. The third-order valence-corrected chi connectivity index (χ3v) is 3.18. The van der Waals surface area contributed by atoms with E-state index in [9.17, 15) is 0 Å². The van der Waals surface area contributed by atoms with Gasteiger partial charge in [0.25, 0.3) is 0 Å². The van der Waals surface area contributed by atoms with Crippen LogP contribution in [0.5, 0.6) is 0 Å². The molecule has 2 rings (SSSR count). The second-order valence-electron chi connectivity index (χ2n) is 4.32. The summed E-state index contributed by atoms with van der Waals surface area (Å²) in [5.74, 6) is 0. The summed E-state index contributed by atoms with van der Waals surface area (Å²) in [6, 6.07) is 8.46. The summed E-state index contributed by atoms with van der Waals surface area (Å²) in [6.45, 7) is 2.86. The number of nitrogens with one attached hydrogen (secondary N) is 1. The molecule has 0 amide bonds. The smallest absolute Gasteiger partial charge is 0.0758 e. The maximum Gasteiger partial charge on any atom is 0.0758 e. The van der Waals surface area contributed by atoms with Crippen molar-refractivity contribution in [2.75, 3.05) is 26.1 Å². The molecule has 0 bridgehead atoms. The van der Waals surface area contributed by atoms with E-state index in [4.69, 9.17) is 9.72 Å². The average molecular weight is 244 g/mol. The van der Waals surface area contributed by atoms with Gasteiger partial charge in [-0.1, -0.05) is 25.1 Å². The number of hydrogen-bond acceptors (Lipinski definition) is 3. The number of methoxy groups -OCH3 is 1. The van der Waals surface area contributed by atoms with Crippen LogP contribution in [0.3, 0.4) is 0 Å². The Morgan fingerprint density at radius 3 is 2.83 bits per heavy atom. The topological polar surface area (TPSA) is 34.1 Å². The van der Waals surface area contributed by atoms with Crippen LogP contribution in [-0.2, 0) is 17.6 Å². The van der Waals surface area contributed by atoms with Crippen molar-refractivity contribution in [2.24, 2.45) is 0 Å².